The molecule has 1 aliphatic rings. The SMILES string of the molecule is Cc1cc(F)ccc1-c1ncc2c(n1)CC(C)(C)CC2=O. The number of hydrogen-bond donors (Lipinski definition) is 0. The van der Waals surface area contributed by atoms with E-state index >= 15 is 0 Å². The van der Waals surface area contributed by atoms with Crippen LogP contribution >= 0.6 is 0 Å². The Hall–Kier alpha value is -2.10. The molecule has 2 aromatic rings. The molecule has 0 saturated carbocycles. The van der Waals surface area contributed by atoms with Crippen molar-refractivity contribution >= 4 is 5.78 Å². The molecule has 21 heavy (non-hydrogen) atoms. The van der Waals surface area contributed by atoms with E-state index in [2.05, 4.69) is 23.8 Å². The van der Waals surface area contributed by atoms with E-state index in [0.717, 1.165) is 23.2 Å². The van der Waals surface area contributed by atoms with Crippen LogP contribution in [-0.2, 0) is 6.42 Å². The van der Waals surface area contributed by atoms with E-state index in [1.54, 1.807) is 12.3 Å². The molecule has 0 unspecified atom stereocenters. The number of rotatable bonds is 1. The van der Waals surface area contributed by atoms with Crippen molar-refractivity contribution in [2.75, 3.05) is 0 Å². The highest BCUT2D eigenvalue weighted by molar-refractivity contribution is 5.98. The molecule has 3 rings (SSSR count). The molecule has 0 amide bonds. The van der Waals surface area contributed by atoms with Crippen LogP contribution in [0.1, 0.15) is 41.9 Å². The van der Waals surface area contributed by atoms with Gasteiger partial charge in [0.05, 0.1) is 11.3 Å². The van der Waals surface area contributed by atoms with Gasteiger partial charge in [0.25, 0.3) is 0 Å². The number of carbonyl (C=O) groups is 1. The zero-order valence-electron chi connectivity index (χ0n) is 12.4. The lowest BCUT2D eigenvalue weighted by Crippen LogP contribution is -2.28. The van der Waals surface area contributed by atoms with Gasteiger partial charge in [0, 0.05) is 18.2 Å². The fourth-order valence-corrected chi connectivity index (χ4v) is 2.84. The Kier molecular flexibility index (Phi) is 3.12. The number of halogens is 1. The van der Waals surface area contributed by atoms with Gasteiger partial charge in [-0.15, -0.1) is 0 Å². The molecule has 0 spiro atoms. The van der Waals surface area contributed by atoms with E-state index in [9.17, 15) is 9.18 Å². The van der Waals surface area contributed by atoms with Crippen LogP contribution in [0.5, 0.6) is 0 Å². The zero-order chi connectivity index (χ0) is 15.2. The molecule has 0 aliphatic heterocycles. The summed E-state index contributed by atoms with van der Waals surface area (Å²) in [4.78, 5) is 21.0. The molecule has 0 N–H and O–H groups in total. The summed E-state index contributed by atoms with van der Waals surface area (Å²) in [5, 5.41) is 0. The fraction of sp³-hybridized carbons (Fsp3) is 0.353. The molecule has 1 aromatic heterocycles. The third-order valence-corrected chi connectivity index (χ3v) is 3.88. The lowest BCUT2D eigenvalue weighted by molar-refractivity contribution is 0.0910. The van der Waals surface area contributed by atoms with Crippen molar-refractivity contribution in [3.05, 3.63) is 47.0 Å². The Morgan fingerprint density at radius 2 is 1.95 bits per heavy atom. The number of aromatic nitrogens is 2. The minimum atomic E-state index is -0.273. The fourth-order valence-electron chi connectivity index (χ4n) is 2.84. The number of fused-ring (bicyclic) bond motifs is 1. The van der Waals surface area contributed by atoms with Crippen molar-refractivity contribution in [2.24, 2.45) is 5.41 Å². The van der Waals surface area contributed by atoms with Gasteiger partial charge < -0.3 is 0 Å². The van der Waals surface area contributed by atoms with Crippen LogP contribution in [0.25, 0.3) is 11.4 Å². The molecular formula is C17H17FN2O. The molecule has 1 aliphatic carbocycles. The first-order valence-corrected chi connectivity index (χ1v) is 7.01. The van der Waals surface area contributed by atoms with Gasteiger partial charge >= 0.3 is 0 Å². The summed E-state index contributed by atoms with van der Waals surface area (Å²) in [7, 11) is 0. The van der Waals surface area contributed by atoms with Gasteiger partial charge in [-0.1, -0.05) is 13.8 Å². The first kappa shape index (κ1) is 13.9. The van der Waals surface area contributed by atoms with Crippen LogP contribution in [0, 0.1) is 18.2 Å². The monoisotopic (exact) mass is 284 g/mol. The van der Waals surface area contributed by atoms with Gasteiger partial charge in [0.2, 0.25) is 0 Å². The van der Waals surface area contributed by atoms with Crippen molar-refractivity contribution in [2.45, 2.75) is 33.6 Å². The zero-order valence-corrected chi connectivity index (χ0v) is 12.4. The Morgan fingerprint density at radius 3 is 2.67 bits per heavy atom. The maximum atomic E-state index is 13.2. The van der Waals surface area contributed by atoms with Gasteiger partial charge in [-0.25, -0.2) is 14.4 Å². The first-order chi connectivity index (χ1) is 9.85. The average molecular weight is 284 g/mol. The van der Waals surface area contributed by atoms with Crippen LogP contribution in [0.2, 0.25) is 0 Å². The summed E-state index contributed by atoms with van der Waals surface area (Å²) in [6.07, 6.45) is 2.89. The molecule has 108 valence electrons. The maximum Gasteiger partial charge on any atom is 0.166 e. The lowest BCUT2D eigenvalue weighted by Gasteiger charge is -2.29. The van der Waals surface area contributed by atoms with Crippen LogP contribution in [0.3, 0.4) is 0 Å². The third-order valence-electron chi connectivity index (χ3n) is 3.88. The lowest BCUT2D eigenvalue weighted by atomic mass is 9.76. The van der Waals surface area contributed by atoms with E-state index in [1.165, 1.54) is 12.1 Å². The molecule has 4 heteroatoms. The second-order valence-electron chi connectivity index (χ2n) is 6.45. The maximum absolute atomic E-state index is 13.2. The Bertz CT molecular complexity index is 738. The van der Waals surface area contributed by atoms with E-state index in [4.69, 9.17) is 0 Å². The number of nitrogens with zero attached hydrogens (tertiary/aromatic N) is 2. The molecule has 1 aromatic carbocycles. The molecule has 0 atom stereocenters. The van der Waals surface area contributed by atoms with Gasteiger partial charge in [0.1, 0.15) is 5.82 Å². The summed E-state index contributed by atoms with van der Waals surface area (Å²) in [6.45, 7) is 5.97. The summed E-state index contributed by atoms with van der Waals surface area (Å²) < 4.78 is 13.2. The second kappa shape index (κ2) is 4.72. The molecule has 0 saturated heterocycles. The predicted octanol–water partition coefficient (Wildman–Crippen LogP) is 3.75. The van der Waals surface area contributed by atoms with Crippen LogP contribution in [0.15, 0.2) is 24.4 Å². The van der Waals surface area contributed by atoms with Gasteiger partial charge in [-0.05, 0) is 42.5 Å². The number of ketones is 1. The Morgan fingerprint density at radius 1 is 1.19 bits per heavy atom. The highest BCUT2D eigenvalue weighted by atomic mass is 19.1. The molecular weight excluding hydrogens is 267 g/mol. The Balaban J connectivity index is 2.09. The topological polar surface area (TPSA) is 42.9 Å². The standard InChI is InChI=1S/C17H17FN2O/c1-10-6-11(18)4-5-12(10)16-19-9-13-14(20-16)7-17(2,3)8-15(13)21/h4-6,9H,7-8H2,1-3H3. The van der Waals surface area contributed by atoms with E-state index in [1.807, 2.05) is 6.92 Å². The number of hydrogen-bond acceptors (Lipinski definition) is 3. The highest BCUT2D eigenvalue weighted by Crippen LogP contribution is 2.34. The largest absolute Gasteiger partial charge is 0.294 e. The quantitative estimate of drug-likeness (QED) is 0.801. The van der Waals surface area contributed by atoms with Crippen molar-refractivity contribution in [1.29, 1.82) is 0 Å². The number of Topliss-reactive ketones (excluding diaryl/α,β-unsaturated/α-hetero) is 1. The third kappa shape index (κ3) is 2.58. The predicted molar refractivity (Wildman–Crippen MR) is 78.6 cm³/mol. The minimum absolute atomic E-state index is 0.0758. The van der Waals surface area contributed by atoms with Crippen molar-refractivity contribution < 1.29 is 9.18 Å². The molecule has 0 radical (unpaired) electrons. The minimum Gasteiger partial charge on any atom is -0.294 e. The second-order valence-corrected chi connectivity index (χ2v) is 6.45. The van der Waals surface area contributed by atoms with E-state index in [-0.39, 0.29) is 17.0 Å². The average Bonchev–Trinajstić information content (AvgIpc) is 2.36. The smallest absolute Gasteiger partial charge is 0.166 e. The highest BCUT2D eigenvalue weighted by Gasteiger charge is 2.32. The number of benzene rings is 1. The number of aryl methyl sites for hydroxylation is 1. The summed E-state index contributed by atoms with van der Waals surface area (Å²) >= 11 is 0. The molecule has 0 bridgehead atoms. The normalized spacial score (nSPS) is 16.7. The summed E-state index contributed by atoms with van der Waals surface area (Å²) in [5.74, 6) is 0.380. The van der Waals surface area contributed by atoms with Crippen LogP contribution < -0.4 is 0 Å². The molecule has 0 fully saturated rings. The van der Waals surface area contributed by atoms with Crippen molar-refractivity contribution in [1.82, 2.24) is 9.97 Å². The summed E-state index contributed by atoms with van der Waals surface area (Å²) in [5.41, 5.74) is 2.93. The van der Waals surface area contributed by atoms with Gasteiger partial charge in [0.15, 0.2) is 11.6 Å². The van der Waals surface area contributed by atoms with Gasteiger partial charge in [-0.2, -0.15) is 0 Å². The van der Waals surface area contributed by atoms with Crippen molar-refractivity contribution in [3.8, 4) is 11.4 Å². The Labute approximate surface area is 123 Å². The molecule has 3 nitrogen and oxygen atoms in total. The van der Waals surface area contributed by atoms with Crippen molar-refractivity contribution in [3.63, 3.8) is 0 Å². The molecule has 1 heterocycles. The van der Waals surface area contributed by atoms with Crippen LogP contribution in [0.4, 0.5) is 4.39 Å². The van der Waals surface area contributed by atoms with E-state index < -0.39 is 0 Å². The summed E-state index contributed by atoms with van der Waals surface area (Å²) in [6, 6.07) is 4.55. The van der Waals surface area contributed by atoms with Gasteiger partial charge in [-0.3, -0.25) is 4.79 Å². The first-order valence-electron chi connectivity index (χ1n) is 7.01. The van der Waals surface area contributed by atoms with E-state index in [0.29, 0.717) is 17.8 Å². The van der Waals surface area contributed by atoms with Crippen LogP contribution in [-0.4, -0.2) is 15.8 Å². The number of carbonyl (C=O) groups excluding carboxylic acids is 1.